The number of anilines is 1. The van der Waals surface area contributed by atoms with E-state index in [2.05, 4.69) is 22.0 Å². The second-order valence-electron chi connectivity index (χ2n) is 6.04. The zero-order valence-electron chi connectivity index (χ0n) is 13.6. The number of nitrogens with zero attached hydrogens (tertiary/aromatic N) is 2. The Balaban J connectivity index is 1.35. The molecule has 3 heterocycles. The van der Waals surface area contributed by atoms with Crippen LogP contribution in [-0.4, -0.2) is 30.6 Å². The number of rotatable bonds is 5. The van der Waals surface area contributed by atoms with E-state index >= 15 is 0 Å². The van der Waals surface area contributed by atoms with Crippen LogP contribution in [0, 0.1) is 5.92 Å². The van der Waals surface area contributed by atoms with E-state index in [0.717, 1.165) is 19.5 Å². The molecule has 0 spiro atoms. The lowest BCUT2D eigenvalue weighted by Gasteiger charge is -2.18. The van der Waals surface area contributed by atoms with Crippen molar-refractivity contribution in [2.45, 2.75) is 6.42 Å². The smallest absolute Gasteiger partial charge is 0.361 e. The molecule has 0 radical (unpaired) electrons. The molecule has 1 atom stereocenters. The fraction of sp³-hybridized carbons (Fsp3) is 0.263. The van der Waals surface area contributed by atoms with Gasteiger partial charge in [0, 0.05) is 24.7 Å². The maximum atomic E-state index is 12.3. The van der Waals surface area contributed by atoms with Gasteiger partial charge in [-0.1, -0.05) is 18.2 Å². The molecular weight excluding hydrogens is 320 g/mol. The zero-order valence-corrected chi connectivity index (χ0v) is 13.6. The number of carbonyl (C=O) groups is 1. The Kier molecular flexibility index (Phi) is 4.24. The van der Waals surface area contributed by atoms with E-state index in [1.54, 1.807) is 12.1 Å². The number of hydrogen-bond donors (Lipinski definition) is 0. The van der Waals surface area contributed by atoms with Crippen molar-refractivity contribution in [1.82, 2.24) is 4.98 Å². The van der Waals surface area contributed by atoms with Gasteiger partial charge in [0.15, 0.2) is 17.8 Å². The number of benzene rings is 1. The van der Waals surface area contributed by atoms with Crippen molar-refractivity contribution < 1.29 is 18.4 Å². The van der Waals surface area contributed by atoms with Crippen LogP contribution in [0.15, 0.2) is 64.0 Å². The van der Waals surface area contributed by atoms with Crippen LogP contribution < -0.4 is 4.90 Å². The Bertz CT molecular complexity index is 826. The molecule has 0 unspecified atom stereocenters. The lowest BCUT2D eigenvalue weighted by Crippen LogP contribution is -2.22. The van der Waals surface area contributed by atoms with Crippen molar-refractivity contribution >= 4 is 11.7 Å². The molecule has 6 nitrogen and oxygen atoms in total. The van der Waals surface area contributed by atoms with Crippen LogP contribution in [0.25, 0.3) is 11.5 Å². The second kappa shape index (κ2) is 6.84. The number of hydrogen-bond acceptors (Lipinski definition) is 6. The summed E-state index contributed by atoms with van der Waals surface area (Å²) in [5.41, 5.74) is 1.35. The number of para-hydroxylation sites is 1. The third-order valence-corrected chi connectivity index (χ3v) is 4.36. The van der Waals surface area contributed by atoms with Crippen molar-refractivity contribution in [2.75, 3.05) is 24.6 Å². The zero-order chi connectivity index (χ0) is 17.1. The van der Waals surface area contributed by atoms with Crippen LogP contribution in [0.1, 0.15) is 16.9 Å². The fourth-order valence-corrected chi connectivity index (χ4v) is 3.08. The molecule has 1 fully saturated rings. The molecule has 2 aromatic heterocycles. The van der Waals surface area contributed by atoms with Crippen LogP contribution in [0.2, 0.25) is 0 Å². The van der Waals surface area contributed by atoms with E-state index in [0.29, 0.717) is 24.0 Å². The van der Waals surface area contributed by atoms with Gasteiger partial charge in [-0.05, 0) is 30.7 Å². The van der Waals surface area contributed by atoms with Gasteiger partial charge in [0.2, 0.25) is 5.76 Å². The van der Waals surface area contributed by atoms with Gasteiger partial charge >= 0.3 is 5.97 Å². The first-order chi connectivity index (χ1) is 12.3. The lowest BCUT2D eigenvalue weighted by molar-refractivity contribution is 0.0445. The van der Waals surface area contributed by atoms with Gasteiger partial charge in [0.1, 0.15) is 0 Å². The van der Waals surface area contributed by atoms with Gasteiger partial charge in [-0.25, -0.2) is 9.78 Å². The van der Waals surface area contributed by atoms with Crippen LogP contribution >= 0.6 is 0 Å². The molecule has 0 aliphatic carbocycles. The molecule has 0 N–H and O–H groups in total. The van der Waals surface area contributed by atoms with Gasteiger partial charge in [-0.3, -0.25) is 0 Å². The van der Waals surface area contributed by atoms with E-state index in [-0.39, 0.29) is 5.69 Å². The molecule has 1 aliphatic heterocycles. The molecule has 0 bridgehead atoms. The summed E-state index contributed by atoms with van der Waals surface area (Å²) in [7, 11) is 0. The highest BCUT2D eigenvalue weighted by molar-refractivity contribution is 5.92. The number of aromatic nitrogens is 1. The second-order valence-corrected chi connectivity index (χ2v) is 6.04. The summed E-state index contributed by atoms with van der Waals surface area (Å²) in [4.78, 5) is 18.6. The Morgan fingerprint density at radius 3 is 2.88 bits per heavy atom. The SMILES string of the molecule is O=C(OC[C@@H]1CCN(c2ccccc2)C1)c1ncoc1-c1ccco1. The van der Waals surface area contributed by atoms with Gasteiger partial charge < -0.3 is 18.5 Å². The van der Waals surface area contributed by atoms with Crippen LogP contribution in [0.4, 0.5) is 5.69 Å². The molecule has 4 rings (SSSR count). The highest BCUT2D eigenvalue weighted by Crippen LogP contribution is 2.26. The molecule has 6 heteroatoms. The number of oxazole rings is 1. The number of furan rings is 1. The average Bonchev–Trinajstić information content (AvgIpc) is 3.41. The van der Waals surface area contributed by atoms with E-state index < -0.39 is 5.97 Å². The van der Waals surface area contributed by atoms with E-state index in [9.17, 15) is 4.79 Å². The summed E-state index contributed by atoms with van der Waals surface area (Å²) in [5, 5.41) is 0. The summed E-state index contributed by atoms with van der Waals surface area (Å²) in [6.45, 7) is 2.21. The van der Waals surface area contributed by atoms with E-state index in [1.807, 2.05) is 18.2 Å². The third kappa shape index (κ3) is 3.28. The van der Waals surface area contributed by atoms with Crippen LogP contribution in [-0.2, 0) is 4.74 Å². The molecule has 3 aromatic rings. The minimum atomic E-state index is -0.488. The van der Waals surface area contributed by atoms with Gasteiger partial charge in [0.05, 0.1) is 12.9 Å². The summed E-state index contributed by atoms with van der Waals surface area (Å²) in [6.07, 6.45) is 3.73. The third-order valence-electron chi connectivity index (χ3n) is 4.36. The molecule has 128 valence electrons. The minimum absolute atomic E-state index is 0.146. The predicted octanol–water partition coefficient (Wildman–Crippen LogP) is 3.62. The largest absolute Gasteiger partial charge is 0.461 e. The molecule has 25 heavy (non-hydrogen) atoms. The lowest BCUT2D eigenvalue weighted by atomic mass is 10.1. The maximum absolute atomic E-state index is 12.3. The normalized spacial score (nSPS) is 17.0. The molecule has 1 aliphatic rings. The Hall–Kier alpha value is -3.02. The van der Waals surface area contributed by atoms with Crippen LogP contribution in [0.5, 0.6) is 0 Å². The molecule has 0 saturated carbocycles. The Morgan fingerprint density at radius 1 is 1.20 bits per heavy atom. The standard InChI is InChI=1S/C19H18N2O4/c22-19(17-18(25-13-20-17)16-7-4-10-23-16)24-12-14-8-9-21(11-14)15-5-2-1-3-6-15/h1-7,10,13-14H,8-9,11-12H2/t14-/m1/s1. The summed E-state index contributed by atoms with van der Waals surface area (Å²) < 4.78 is 16.0. The Labute approximate surface area is 145 Å². The van der Waals surface area contributed by atoms with Crippen molar-refractivity contribution in [3.63, 3.8) is 0 Å². The van der Waals surface area contributed by atoms with Gasteiger partial charge in [-0.15, -0.1) is 0 Å². The Morgan fingerprint density at radius 2 is 2.08 bits per heavy atom. The predicted molar refractivity (Wildman–Crippen MR) is 91.2 cm³/mol. The quantitative estimate of drug-likeness (QED) is 0.662. The molecular formula is C19H18N2O4. The number of esters is 1. The van der Waals surface area contributed by atoms with Crippen molar-refractivity contribution in [1.29, 1.82) is 0 Å². The summed E-state index contributed by atoms with van der Waals surface area (Å²) in [5.74, 6) is 0.578. The van der Waals surface area contributed by atoms with Crippen molar-refractivity contribution in [3.05, 3.63) is 60.8 Å². The highest BCUT2D eigenvalue weighted by atomic mass is 16.5. The number of ether oxygens (including phenoxy) is 1. The first-order valence-corrected chi connectivity index (χ1v) is 8.26. The molecule has 0 amide bonds. The maximum Gasteiger partial charge on any atom is 0.361 e. The van der Waals surface area contributed by atoms with Crippen molar-refractivity contribution in [3.8, 4) is 11.5 Å². The summed E-state index contributed by atoms with van der Waals surface area (Å²) in [6, 6.07) is 13.7. The monoisotopic (exact) mass is 338 g/mol. The highest BCUT2D eigenvalue weighted by Gasteiger charge is 2.26. The summed E-state index contributed by atoms with van der Waals surface area (Å²) >= 11 is 0. The van der Waals surface area contributed by atoms with Gasteiger partial charge in [0.25, 0.3) is 0 Å². The first-order valence-electron chi connectivity index (χ1n) is 8.26. The van der Waals surface area contributed by atoms with E-state index in [1.165, 1.54) is 18.3 Å². The van der Waals surface area contributed by atoms with E-state index in [4.69, 9.17) is 13.6 Å². The minimum Gasteiger partial charge on any atom is -0.461 e. The number of carbonyl (C=O) groups excluding carboxylic acids is 1. The molecule has 1 saturated heterocycles. The topological polar surface area (TPSA) is 68.7 Å². The van der Waals surface area contributed by atoms with Crippen LogP contribution in [0.3, 0.4) is 0 Å². The molecule has 1 aromatic carbocycles. The average molecular weight is 338 g/mol. The van der Waals surface area contributed by atoms with Gasteiger partial charge in [-0.2, -0.15) is 0 Å². The van der Waals surface area contributed by atoms with Crippen molar-refractivity contribution in [2.24, 2.45) is 5.92 Å². The fourth-order valence-electron chi connectivity index (χ4n) is 3.08. The first kappa shape index (κ1) is 15.5.